The smallest absolute Gasteiger partial charge is 0.0953 e. The normalized spacial score (nSPS) is 19.2. The summed E-state index contributed by atoms with van der Waals surface area (Å²) >= 11 is 12.1. The van der Waals surface area contributed by atoms with E-state index in [9.17, 15) is 0 Å². The standard InChI is InChI=1S/C17H21Cl2N3O/c1-3-22-12(2)14(9-20-22)10-21-6-7-23-17(11-21)13-4-5-15(18)16(19)8-13/h4-5,8-9,17H,3,6-7,10-11H2,1-2H3/t17-/m1/s1. The van der Waals surface area contributed by atoms with Gasteiger partial charge < -0.3 is 4.74 Å². The molecule has 0 radical (unpaired) electrons. The topological polar surface area (TPSA) is 30.3 Å². The molecule has 1 atom stereocenters. The number of nitrogens with zero attached hydrogens (tertiary/aromatic N) is 3. The number of hydrogen-bond acceptors (Lipinski definition) is 3. The fourth-order valence-electron chi connectivity index (χ4n) is 2.96. The molecule has 2 heterocycles. The zero-order chi connectivity index (χ0) is 16.4. The minimum Gasteiger partial charge on any atom is -0.371 e. The molecule has 0 unspecified atom stereocenters. The molecule has 1 saturated heterocycles. The van der Waals surface area contributed by atoms with E-state index in [1.54, 1.807) is 0 Å². The first-order valence-electron chi connectivity index (χ1n) is 7.88. The van der Waals surface area contributed by atoms with Crippen LogP contribution in [0.1, 0.15) is 29.8 Å². The van der Waals surface area contributed by atoms with Crippen LogP contribution in [0.15, 0.2) is 24.4 Å². The molecule has 4 nitrogen and oxygen atoms in total. The second-order valence-corrected chi connectivity index (χ2v) is 6.65. The first kappa shape index (κ1) is 16.8. The van der Waals surface area contributed by atoms with Gasteiger partial charge in [0.25, 0.3) is 0 Å². The van der Waals surface area contributed by atoms with Crippen molar-refractivity contribution in [1.29, 1.82) is 0 Å². The van der Waals surface area contributed by atoms with Crippen LogP contribution < -0.4 is 0 Å². The number of aryl methyl sites for hydroxylation is 1. The zero-order valence-electron chi connectivity index (χ0n) is 13.4. The van der Waals surface area contributed by atoms with Crippen molar-refractivity contribution in [2.45, 2.75) is 33.0 Å². The van der Waals surface area contributed by atoms with Crippen molar-refractivity contribution in [3.8, 4) is 0 Å². The number of rotatable bonds is 4. The Morgan fingerprint density at radius 3 is 2.83 bits per heavy atom. The van der Waals surface area contributed by atoms with Gasteiger partial charge in [-0.15, -0.1) is 0 Å². The highest BCUT2D eigenvalue weighted by Gasteiger charge is 2.23. The maximum absolute atomic E-state index is 6.13. The third-order valence-corrected chi connectivity index (χ3v) is 5.10. The minimum absolute atomic E-state index is 0.0278. The Hall–Kier alpha value is -1.07. The van der Waals surface area contributed by atoms with Crippen LogP contribution in [0.25, 0.3) is 0 Å². The van der Waals surface area contributed by atoms with E-state index in [0.717, 1.165) is 31.7 Å². The van der Waals surface area contributed by atoms with E-state index < -0.39 is 0 Å². The van der Waals surface area contributed by atoms with Crippen LogP contribution in [0, 0.1) is 6.92 Å². The fourth-order valence-corrected chi connectivity index (χ4v) is 3.27. The summed E-state index contributed by atoms with van der Waals surface area (Å²) in [6.07, 6.45) is 2.00. The molecule has 23 heavy (non-hydrogen) atoms. The summed E-state index contributed by atoms with van der Waals surface area (Å²) < 4.78 is 7.95. The summed E-state index contributed by atoms with van der Waals surface area (Å²) in [5.41, 5.74) is 3.59. The van der Waals surface area contributed by atoms with E-state index in [4.69, 9.17) is 27.9 Å². The number of morpholine rings is 1. The van der Waals surface area contributed by atoms with E-state index in [1.165, 1.54) is 11.3 Å². The van der Waals surface area contributed by atoms with Gasteiger partial charge in [0.2, 0.25) is 0 Å². The summed E-state index contributed by atoms with van der Waals surface area (Å²) in [5.74, 6) is 0. The van der Waals surface area contributed by atoms with E-state index >= 15 is 0 Å². The average Bonchev–Trinajstić information content (AvgIpc) is 2.90. The SMILES string of the molecule is CCn1ncc(CN2CCO[C@@H](c3ccc(Cl)c(Cl)c3)C2)c1C. The van der Waals surface area contributed by atoms with Crippen molar-refractivity contribution in [3.05, 3.63) is 51.3 Å². The third kappa shape index (κ3) is 3.72. The maximum Gasteiger partial charge on any atom is 0.0953 e. The summed E-state index contributed by atoms with van der Waals surface area (Å²) in [6.45, 7) is 8.52. The lowest BCUT2D eigenvalue weighted by Crippen LogP contribution is -2.37. The molecule has 1 aromatic heterocycles. The summed E-state index contributed by atoms with van der Waals surface area (Å²) in [5, 5.41) is 5.57. The van der Waals surface area contributed by atoms with Gasteiger partial charge in [-0.05, 0) is 31.5 Å². The Morgan fingerprint density at radius 2 is 2.13 bits per heavy atom. The highest BCUT2D eigenvalue weighted by atomic mass is 35.5. The van der Waals surface area contributed by atoms with Crippen molar-refractivity contribution >= 4 is 23.2 Å². The monoisotopic (exact) mass is 353 g/mol. The molecule has 1 aliphatic heterocycles. The number of aromatic nitrogens is 2. The molecule has 124 valence electrons. The first-order chi connectivity index (χ1) is 11.1. The molecule has 3 rings (SSSR count). The third-order valence-electron chi connectivity index (χ3n) is 4.36. The van der Waals surface area contributed by atoms with Crippen molar-refractivity contribution in [2.75, 3.05) is 19.7 Å². The van der Waals surface area contributed by atoms with E-state index in [0.29, 0.717) is 16.7 Å². The molecule has 0 spiro atoms. The van der Waals surface area contributed by atoms with Gasteiger partial charge in [0, 0.05) is 37.4 Å². The largest absolute Gasteiger partial charge is 0.371 e. The van der Waals surface area contributed by atoms with Crippen LogP contribution in [-0.2, 0) is 17.8 Å². The predicted molar refractivity (Wildman–Crippen MR) is 93.1 cm³/mol. The van der Waals surface area contributed by atoms with Gasteiger partial charge >= 0.3 is 0 Å². The molecule has 0 amide bonds. The number of hydrogen-bond donors (Lipinski definition) is 0. The molecule has 0 N–H and O–H groups in total. The Balaban J connectivity index is 1.70. The minimum atomic E-state index is 0.0278. The molecular weight excluding hydrogens is 333 g/mol. The second kappa shape index (κ2) is 7.22. The van der Waals surface area contributed by atoms with Crippen LogP contribution in [-0.4, -0.2) is 34.4 Å². The lowest BCUT2D eigenvalue weighted by molar-refractivity contribution is -0.0329. The van der Waals surface area contributed by atoms with Crippen LogP contribution >= 0.6 is 23.2 Å². The molecule has 1 fully saturated rings. The lowest BCUT2D eigenvalue weighted by atomic mass is 10.1. The summed E-state index contributed by atoms with van der Waals surface area (Å²) in [6, 6.07) is 5.72. The zero-order valence-corrected chi connectivity index (χ0v) is 14.9. The number of halogens is 2. The van der Waals surface area contributed by atoms with Gasteiger partial charge in [0.05, 0.1) is 29.0 Å². The first-order valence-corrected chi connectivity index (χ1v) is 8.64. The molecule has 1 aromatic carbocycles. The Kier molecular flexibility index (Phi) is 5.27. The van der Waals surface area contributed by atoms with E-state index in [2.05, 4.69) is 23.8 Å². The quantitative estimate of drug-likeness (QED) is 0.828. The van der Waals surface area contributed by atoms with Crippen molar-refractivity contribution in [1.82, 2.24) is 14.7 Å². The summed E-state index contributed by atoms with van der Waals surface area (Å²) in [7, 11) is 0. The Morgan fingerprint density at radius 1 is 1.30 bits per heavy atom. The maximum atomic E-state index is 6.13. The van der Waals surface area contributed by atoms with Crippen molar-refractivity contribution < 1.29 is 4.74 Å². The lowest BCUT2D eigenvalue weighted by Gasteiger charge is -2.33. The van der Waals surface area contributed by atoms with Crippen molar-refractivity contribution in [3.63, 3.8) is 0 Å². The van der Waals surface area contributed by atoms with Gasteiger partial charge in [-0.1, -0.05) is 29.3 Å². The van der Waals surface area contributed by atoms with Gasteiger partial charge in [0.1, 0.15) is 0 Å². The molecule has 2 aromatic rings. The highest BCUT2D eigenvalue weighted by Crippen LogP contribution is 2.29. The van der Waals surface area contributed by atoms with Gasteiger partial charge in [-0.25, -0.2) is 0 Å². The molecule has 6 heteroatoms. The van der Waals surface area contributed by atoms with Crippen LogP contribution in [0.2, 0.25) is 10.0 Å². The predicted octanol–water partition coefficient (Wildman–Crippen LogP) is 4.09. The number of benzene rings is 1. The van der Waals surface area contributed by atoms with E-state index in [1.807, 2.05) is 29.1 Å². The van der Waals surface area contributed by atoms with Gasteiger partial charge in [-0.3, -0.25) is 9.58 Å². The molecule has 0 bridgehead atoms. The second-order valence-electron chi connectivity index (χ2n) is 5.84. The highest BCUT2D eigenvalue weighted by molar-refractivity contribution is 6.42. The van der Waals surface area contributed by atoms with Crippen LogP contribution in [0.5, 0.6) is 0 Å². The molecule has 1 aliphatic rings. The van der Waals surface area contributed by atoms with Gasteiger partial charge in [-0.2, -0.15) is 5.10 Å². The summed E-state index contributed by atoms with van der Waals surface area (Å²) in [4.78, 5) is 2.40. The van der Waals surface area contributed by atoms with Crippen LogP contribution in [0.3, 0.4) is 0 Å². The molecular formula is C17H21Cl2N3O. The Labute approximate surface area is 146 Å². The molecule has 0 saturated carbocycles. The van der Waals surface area contributed by atoms with E-state index in [-0.39, 0.29) is 6.10 Å². The van der Waals surface area contributed by atoms with Gasteiger partial charge in [0.15, 0.2) is 0 Å². The average molecular weight is 354 g/mol. The van der Waals surface area contributed by atoms with Crippen LogP contribution in [0.4, 0.5) is 0 Å². The molecule has 0 aliphatic carbocycles. The Bertz CT molecular complexity index is 686. The number of ether oxygens (including phenoxy) is 1. The van der Waals surface area contributed by atoms with Crippen molar-refractivity contribution in [2.24, 2.45) is 0 Å². The fraction of sp³-hybridized carbons (Fsp3) is 0.471.